The summed E-state index contributed by atoms with van der Waals surface area (Å²) in [5, 5.41) is 5.32. The molecule has 0 aliphatic rings. The van der Waals surface area contributed by atoms with Gasteiger partial charge in [-0.15, -0.1) is 11.3 Å². The Labute approximate surface area is 80.5 Å². The molecule has 0 radical (unpaired) electrons. The summed E-state index contributed by atoms with van der Waals surface area (Å²) >= 11 is 7.18. The average Bonchev–Trinajstić information content (AvgIpc) is 2.47. The van der Waals surface area contributed by atoms with E-state index in [0.717, 1.165) is 0 Å². The molecule has 0 aliphatic heterocycles. The summed E-state index contributed by atoms with van der Waals surface area (Å²) in [6, 6.07) is 1.75. The van der Waals surface area contributed by atoms with Gasteiger partial charge in [0.15, 0.2) is 5.78 Å². The van der Waals surface area contributed by atoms with Crippen LogP contribution in [0.3, 0.4) is 0 Å². The van der Waals surface area contributed by atoms with Crippen LogP contribution in [0.5, 0.6) is 0 Å². The first-order chi connectivity index (χ1) is 5.75. The third-order valence-corrected chi connectivity index (χ3v) is 2.85. The highest BCUT2D eigenvalue weighted by Crippen LogP contribution is 2.22. The summed E-state index contributed by atoms with van der Waals surface area (Å²) < 4.78 is 0. The maximum absolute atomic E-state index is 11.4. The van der Waals surface area contributed by atoms with E-state index in [1.807, 2.05) is 12.4 Å². The molecule has 1 rings (SSSR count). The number of nitrogens with one attached hydrogen (secondary N) is 1. The lowest BCUT2D eigenvalue weighted by molar-refractivity contribution is 0.0987. The summed E-state index contributed by atoms with van der Waals surface area (Å²) in [7, 11) is 1.82. The van der Waals surface area contributed by atoms with Gasteiger partial charge in [0, 0.05) is 13.0 Å². The van der Waals surface area contributed by atoms with Gasteiger partial charge in [-0.3, -0.25) is 4.79 Å². The van der Waals surface area contributed by atoms with E-state index in [-0.39, 0.29) is 5.78 Å². The zero-order valence-corrected chi connectivity index (χ0v) is 8.34. The van der Waals surface area contributed by atoms with E-state index in [1.54, 1.807) is 6.07 Å². The van der Waals surface area contributed by atoms with Crippen LogP contribution in [0.15, 0.2) is 11.4 Å². The van der Waals surface area contributed by atoms with Crippen LogP contribution >= 0.6 is 22.9 Å². The third kappa shape index (κ3) is 2.30. The molecule has 1 aromatic rings. The van der Waals surface area contributed by atoms with Gasteiger partial charge in [-0.1, -0.05) is 11.6 Å². The zero-order chi connectivity index (χ0) is 8.97. The molecule has 2 nitrogen and oxygen atoms in total. The molecule has 4 heteroatoms. The molecular formula is C8H10ClNOS. The van der Waals surface area contributed by atoms with Crippen LogP contribution in [0.1, 0.15) is 16.1 Å². The lowest BCUT2D eigenvalue weighted by Crippen LogP contribution is -2.12. The fraction of sp³-hybridized carbons (Fsp3) is 0.375. The standard InChI is InChI=1S/C8H10ClNOS/c1-10-4-2-7(11)8-6(9)3-5-12-8/h3,5,10H,2,4H2,1H3. The minimum Gasteiger partial charge on any atom is -0.319 e. The molecule has 0 fully saturated rings. The molecule has 0 atom stereocenters. The molecule has 0 spiro atoms. The molecule has 0 saturated carbocycles. The Bertz CT molecular complexity index is 272. The van der Waals surface area contributed by atoms with Gasteiger partial charge in [0.1, 0.15) is 0 Å². The summed E-state index contributed by atoms with van der Waals surface area (Å²) in [6.07, 6.45) is 0.511. The molecule has 0 aliphatic carbocycles. The molecule has 0 aromatic carbocycles. The molecule has 1 N–H and O–H groups in total. The van der Waals surface area contributed by atoms with Gasteiger partial charge in [-0.25, -0.2) is 0 Å². The maximum atomic E-state index is 11.4. The molecule has 0 bridgehead atoms. The minimum absolute atomic E-state index is 0.115. The summed E-state index contributed by atoms with van der Waals surface area (Å²) in [5.74, 6) is 0.115. The molecule has 1 aromatic heterocycles. The van der Waals surface area contributed by atoms with Crippen LogP contribution in [-0.4, -0.2) is 19.4 Å². The van der Waals surface area contributed by atoms with E-state index in [9.17, 15) is 4.79 Å². The number of hydrogen-bond donors (Lipinski definition) is 1. The highest BCUT2D eigenvalue weighted by molar-refractivity contribution is 7.12. The number of carbonyl (C=O) groups is 1. The Morgan fingerprint density at radius 3 is 3.00 bits per heavy atom. The molecular weight excluding hydrogens is 194 g/mol. The van der Waals surface area contributed by atoms with Crippen molar-refractivity contribution in [3.63, 3.8) is 0 Å². The highest BCUT2D eigenvalue weighted by Gasteiger charge is 2.10. The fourth-order valence-corrected chi connectivity index (χ4v) is 1.98. The van der Waals surface area contributed by atoms with Crippen LogP contribution in [0.2, 0.25) is 5.02 Å². The second-order valence-corrected chi connectivity index (χ2v) is 3.70. The SMILES string of the molecule is CNCCC(=O)c1sccc1Cl. The molecule has 12 heavy (non-hydrogen) atoms. The number of Topliss-reactive ketones (excluding diaryl/α,β-unsaturated/α-hetero) is 1. The summed E-state index contributed by atoms with van der Waals surface area (Å²) in [6.45, 7) is 0.701. The van der Waals surface area contributed by atoms with E-state index in [0.29, 0.717) is 22.9 Å². The predicted octanol–water partition coefficient (Wildman–Crippen LogP) is 2.19. The molecule has 0 amide bonds. The van der Waals surface area contributed by atoms with Crippen LogP contribution in [-0.2, 0) is 0 Å². The van der Waals surface area contributed by atoms with Crippen molar-refractivity contribution < 1.29 is 4.79 Å². The first-order valence-corrected chi connectivity index (χ1v) is 4.92. The smallest absolute Gasteiger partial charge is 0.175 e. The first-order valence-electron chi connectivity index (χ1n) is 3.66. The number of ketones is 1. The van der Waals surface area contributed by atoms with Crippen molar-refractivity contribution in [2.24, 2.45) is 0 Å². The van der Waals surface area contributed by atoms with Crippen molar-refractivity contribution >= 4 is 28.7 Å². The first kappa shape index (κ1) is 9.71. The van der Waals surface area contributed by atoms with E-state index < -0.39 is 0 Å². The van der Waals surface area contributed by atoms with Crippen LogP contribution in [0.4, 0.5) is 0 Å². The summed E-state index contributed by atoms with van der Waals surface area (Å²) in [5.41, 5.74) is 0. The van der Waals surface area contributed by atoms with Gasteiger partial charge < -0.3 is 5.32 Å². The monoisotopic (exact) mass is 203 g/mol. The molecule has 0 saturated heterocycles. The minimum atomic E-state index is 0.115. The normalized spacial score (nSPS) is 10.2. The van der Waals surface area contributed by atoms with E-state index in [4.69, 9.17) is 11.6 Å². The molecule has 0 unspecified atom stereocenters. The van der Waals surface area contributed by atoms with Gasteiger partial charge >= 0.3 is 0 Å². The number of carbonyl (C=O) groups excluding carboxylic acids is 1. The number of hydrogen-bond acceptors (Lipinski definition) is 3. The van der Waals surface area contributed by atoms with Gasteiger partial charge in [-0.2, -0.15) is 0 Å². The van der Waals surface area contributed by atoms with Crippen molar-refractivity contribution in [2.45, 2.75) is 6.42 Å². The number of thiophene rings is 1. The largest absolute Gasteiger partial charge is 0.319 e. The van der Waals surface area contributed by atoms with Crippen LogP contribution in [0, 0.1) is 0 Å². The van der Waals surface area contributed by atoms with E-state index >= 15 is 0 Å². The van der Waals surface area contributed by atoms with Crippen molar-refractivity contribution in [3.05, 3.63) is 21.3 Å². The van der Waals surface area contributed by atoms with Crippen molar-refractivity contribution in [3.8, 4) is 0 Å². The quantitative estimate of drug-likeness (QED) is 0.761. The molecule has 66 valence electrons. The van der Waals surface area contributed by atoms with Gasteiger partial charge in [0.25, 0.3) is 0 Å². The highest BCUT2D eigenvalue weighted by atomic mass is 35.5. The van der Waals surface area contributed by atoms with E-state index in [2.05, 4.69) is 5.32 Å². The zero-order valence-electron chi connectivity index (χ0n) is 6.76. The van der Waals surface area contributed by atoms with Crippen molar-refractivity contribution in [2.75, 3.05) is 13.6 Å². The Morgan fingerprint density at radius 2 is 2.50 bits per heavy atom. The predicted molar refractivity (Wildman–Crippen MR) is 52.2 cm³/mol. The average molecular weight is 204 g/mol. The fourth-order valence-electron chi connectivity index (χ4n) is 0.845. The topological polar surface area (TPSA) is 29.1 Å². The van der Waals surface area contributed by atoms with Crippen LogP contribution in [0.25, 0.3) is 0 Å². The van der Waals surface area contributed by atoms with Gasteiger partial charge in [0.2, 0.25) is 0 Å². The molecule has 1 heterocycles. The maximum Gasteiger partial charge on any atom is 0.175 e. The Balaban J connectivity index is 2.59. The van der Waals surface area contributed by atoms with Crippen LogP contribution < -0.4 is 5.32 Å². The Hall–Kier alpha value is -0.380. The Morgan fingerprint density at radius 1 is 1.75 bits per heavy atom. The Kier molecular flexibility index (Phi) is 3.72. The lowest BCUT2D eigenvalue weighted by Gasteiger charge is -1.97. The number of halogens is 1. The van der Waals surface area contributed by atoms with Gasteiger partial charge in [0.05, 0.1) is 9.90 Å². The summed E-state index contributed by atoms with van der Waals surface area (Å²) in [4.78, 5) is 12.0. The van der Waals surface area contributed by atoms with Crippen molar-refractivity contribution in [1.82, 2.24) is 5.32 Å². The lowest BCUT2D eigenvalue weighted by atomic mass is 10.2. The van der Waals surface area contributed by atoms with E-state index in [1.165, 1.54) is 11.3 Å². The second kappa shape index (κ2) is 4.60. The second-order valence-electron chi connectivity index (χ2n) is 2.37. The van der Waals surface area contributed by atoms with Gasteiger partial charge in [-0.05, 0) is 18.5 Å². The number of rotatable bonds is 4. The van der Waals surface area contributed by atoms with Crippen molar-refractivity contribution in [1.29, 1.82) is 0 Å². The third-order valence-electron chi connectivity index (χ3n) is 1.47.